The van der Waals surface area contributed by atoms with Crippen LogP contribution in [0.4, 0.5) is 0 Å². The lowest BCUT2D eigenvalue weighted by Crippen LogP contribution is -2.27. The highest BCUT2D eigenvalue weighted by Crippen LogP contribution is 2.06. The van der Waals surface area contributed by atoms with E-state index in [1.54, 1.807) is 0 Å². The molecular formula is C36H72O15. The third-order valence-corrected chi connectivity index (χ3v) is 6.25. The largest absolute Gasteiger partial charge is 0.458 e. The van der Waals surface area contributed by atoms with E-state index in [1.807, 2.05) is 20.8 Å². The van der Waals surface area contributed by atoms with Gasteiger partial charge >= 0.3 is 5.97 Å². The van der Waals surface area contributed by atoms with Gasteiger partial charge in [-0.25, -0.2) is 4.79 Å². The van der Waals surface area contributed by atoms with Crippen molar-refractivity contribution in [1.29, 1.82) is 0 Å². The van der Waals surface area contributed by atoms with Gasteiger partial charge in [0.15, 0.2) is 0 Å². The Morgan fingerprint density at radius 3 is 0.804 bits per heavy atom. The Morgan fingerprint density at radius 1 is 0.333 bits per heavy atom. The molecule has 0 spiro atoms. The smallest absolute Gasteiger partial charge is 0.332 e. The van der Waals surface area contributed by atoms with Crippen molar-refractivity contribution in [3.05, 3.63) is 0 Å². The normalized spacial score (nSPS) is 11.8. The topological polar surface area (TPSA) is 146 Å². The Morgan fingerprint density at radius 2 is 0.569 bits per heavy atom. The van der Waals surface area contributed by atoms with Crippen LogP contribution in [0.2, 0.25) is 0 Å². The standard InChI is InChI=1S/C36H72O15/c1-5-6-7-8-9-38-10-11-39-12-13-40-14-15-41-16-17-42-18-19-43-20-21-44-22-23-45-24-25-46-26-27-47-28-29-48-30-31-49-32-33-50-34-35(37)51-36(2,3)4/h5-34H2,1-4H3. The fourth-order valence-corrected chi connectivity index (χ4v) is 3.80. The molecule has 0 aromatic carbocycles. The van der Waals surface area contributed by atoms with Crippen LogP contribution in [-0.4, -0.2) is 183 Å². The lowest BCUT2D eigenvalue weighted by atomic mass is 10.2. The van der Waals surface area contributed by atoms with Crippen molar-refractivity contribution in [2.24, 2.45) is 0 Å². The number of hydrogen-bond donors (Lipinski definition) is 0. The van der Waals surface area contributed by atoms with Crippen molar-refractivity contribution < 1.29 is 71.1 Å². The molecule has 0 saturated heterocycles. The Hall–Kier alpha value is -1.05. The number of ether oxygens (including phenoxy) is 14. The van der Waals surface area contributed by atoms with E-state index in [1.165, 1.54) is 19.3 Å². The van der Waals surface area contributed by atoms with Crippen LogP contribution in [0.25, 0.3) is 0 Å². The zero-order valence-electron chi connectivity index (χ0n) is 32.3. The predicted octanol–water partition coefficient (Wildman–Crippen LogP) is 3.12. The Bertz CT molecular complexity index is 681. The molecule has 0 radical (unpaired) electrons. The van der Waals surface area contributed by atoms with Gasteiger partial charge in [-0.3, -0.25) is 0 Å². The summed E-state index contributed by atoms with van der Waals surface area (Å²) in [6.07, 6.45) is 4.88. The molecule has 0 saturated carbocycles. The summed E-state index contributed by atoms with van der Waals surface area (Å²) < 4.78 is 76.1. The number of rotatable bonds is 43. The van der Waals surface area contributed by atoms with Gasteiger partial charge in [-0.15, -0.1) is 0 Å². The average Bonchev–Trinajstić information content (AvgIpc) is 3.09. The minimum atomic E-state index is -0.512. The van der Waals surface area contributed by atoms with E-state index >= 15 is 0 Å². The summed E-state index contributed by atoms with van der Waals surface area (Å²) in [4.78, 5) is 11.5. The van der Waals surface area contributed by atoms with Crippen molar-refractivity contribution in [3.63, 3.8) is 0 Å². The highest BCUT2D eigenvalue weighted by atomic mass is 16.6. The van der Waals surface area contributed by atoms with Gasteiger partial charge in [0, 0.05) is 6.61 Å². The van der Waals surface area contributed by atoms with E-state index < -0.39 is 5.60 Å². The fraction of sp³-hybridized carbons (Fsp3) is 0.972. The molecule has 0 atom stereocenters. The van der Waals surface area contributed by atoms with Crippen LogP contribution in [0.3, 0.4) is 0 Å². The van der Waals surface area contributed by atoms with E-state index in [0.717, 1.165) is 13.0 Å². The highest BCUT2D eigenvalue weighted by molar-refractivity contribution is 5.71. The highest BCUT2D eigenvalue weighted by Gasteiger charge is 2.15. The summed E-state index contributed by atoms with van der Waals surface area (Å²) in [5.41, 5.74) is -0.512. The van der Waals surface area contributed by atoms with Crippen LogP contribution in [0.15, 0.2) is 0 Å². The molecule has 0 unspecified atom stereocenters. The number of unbranched alkanes of at least 4 members (excludes halogenated alkanes) is 3. The second-order valence-corrected chi connectivity index (χ2v) is 12.0. The van der Waals surface area contributed by atoms with Gasteiger partial charge in [0.1, 0.15) is 12.2 Å². The first-order chi connectivity index (χ1) is 25.0. The molecule has 0 N–H and O–H groups in total. The van der Waals surface area contributed by atoms with Gasteiger partial charge < -0.3 is 66.3 Å². The van der Waals surface area contributed by atoms with Crippen LogP contribution in [0.5, 0.6) is 0 Å². The number of esters is 1. The maximum Gasteiger partial charge on any atom is 0.332 e. The van der Waals surface area contributed by atoms with E-state index in [2.05, 4.69) is 6.92 Å². The van der Waals surface area contributed by atoms with Gasteiger partial charge in [-0.1, -0.05) is 26.2 Å². The van der Waals surface area contributed by atoms with Crippen molar-refractivity contribution in [1.82, 2.24) is 0 Å². The second kappa shape index (κ2) is 41.7. The van der Waals surface area contributed by atoms with Gasteiger partial charge in [0.2, 0.25) is 0 Å². The van der Waals surface area contributed by atoms with Gasteiger partial charge in [-0.05, 0) is 27.2 Å². The monoisotopic (exact) mass is 744 g/mol. The van der Waals surface area contributed by atoms with E-state index in [0.29, 0.717) is 159 Å². The molecule has 0 fully saturated rings. The number of carbonyl (C=O) groups excluding carboxylic acids is 1. The van der Waals surface area contributed by atoms with Crippen LogP contribution < -0.4 is 0 Å². The molecule has 0 aliphatic carbocycles. The predicted molar refractivity (Wildman–Crippen MR) is 191 cm³/mol. The lowest BCUT2D eigenvalue weighted by molar-refractivity contribution is -0.160. The van der Waals surface area contributed by atoms with E-state index in [-0.39, 0.29) is 12.6 Å². The summed E-state index contributed by atoms with van der Waals surface area (Å²) >= 11 is 0. The Kier molecular flexibility index (Phi) is 40.8. The first kappa shape index (κ1) is 49.9. The van der Waals surface area contributed by atoms with E-state index in [4.69, 9.17) is 66.3 Å². The average molecular weight is 745 g/mol. The lowest BCUT2D eigenvalue weighted by Gasteiger charge is -2.19. The quantitative estimate of drug-likeness (QED) is 0.0665. The molecule has 0 aromatic heterocycles. The van der Waals surface area contributed by atoms with Crippen molar-refractivity contribution >= 4 is 5.97 Å². The third kappa shape index (κ3) is 46.9. The number of hydrogen-bond acceptors (Lipinski definition) is 15. The molecule has 51 heavy (non-hydrogen) atoms. The molecule has 0 heterocycles. The van der Waals surface area contributed by atoms with Crippen LogP contribution in [0.1, 0.15) is 53.4 Å². The third-order valence-electron chi connectivity index (χ3n) is 6.25. The van der Waals surface area contributed by atoms with Crippen molar-refractivity contribution in [2.75, 3.05) is 172 Å². The zero-order chi connectivity index (χ0) is 37.2. The van der Waals surface area contributed by atoms with Crippen LogP contribution in [0, 0.1) is 0 Å². The Balaban J connectivity index is 3.09. The van der Waals surface area contributed by atoms with Crippen molar-refractivity contribution in [3.8, 4) is 0 Å². The van der Waals surface area contributed by atoms with Crippen molar-refractivity contribution in [2.45, 2.75) is 59.0 Å². The minimum Gasteiger partial charge on any atom is -0.458 e. The zero-order valence-corrected chi connectivity index (χ0v) is 32.3. The molecule has 0 rings (SSSR count). The first-order valence-corrected chi connectivity index (χ1v) is 18.7. The molecule has 0 amide bonds. The molecular weight excluding hydrogens is 672 g/mol. The molecule has 0 aromatic rings. The van der Waals surface area contributed by atoms with Crippen LogP contribution in [-0.2, 0) is 71.1 Å². The van der Waals surface area contributed by atoms with Gasteiger partial charge in [-0.2, -0.15) is 0 Å². The SMILES string of the molecule is CCCCCCOCCOCCOCCOCCOCCOCCOCCOCCOCCOCCOCCOCCOCC(=O)OC(C)(C)C. The first-order valence-electron chi connectivity index (χ1n) is 18.7. The molecule has 15 nitrogen and oxygen atoms in total. The summed E-state index contributed by atoms with van der Waals surface area (Å²) in [5, 5.41) is 0. The number of carbonyl (C=O) groups is 1. The fourth-order valence-electron chi connectivity index (χ4n) is 3.80. The molecule has 15 heteroatoms. The summed E-state index contributed by atoms with van der Waals surface area (Å²) in [6, 6.07) is 0. The van der Waals surface area contributed by atoms with Crippen LogP contribution >= 0.6 is 0 Å². The molecule has 306 valence electrons. The summed E-state index contributed by atoms with van der Waals surface area (Å²) in [7, 11) is 0. The summed E-state index contributed by atoms with van der Waals surface area (Å²) in [5.74, 6) is -0.387. The second-order valence-electron chi connectivity index (χ2n) is 12.0. The van der Waals surface area contributed by atoms with E-state index in [9.17, 15) is 4.79 Å². The maximum absolute atomic E-state index is 11.5. The molecule has 0 aliphatic heterocycles. The molecule has 0 bridgehead atoms. The van der Waals surface area contributed by atoms with Gasteiger partial charge in [0.05, 0.1) is 159 Å². The maximum atomic E-state index is 11.5. The molecule has 0 aliphatic rings. The van der Waals surface area contributed by atoms with Gasteiger partial charge in [0.25, 0.3) is 0 Å². The summed E-state index contributed by atoms with van der Waals surface area (Å²) in [6.45, 7) is 20.4. The Labute approximate surface area is 307 Å². The minimum absolute atomic E-state index is 0.0836.